The summed E-state index contributed by atoms with van der Waals surface area (Å²) in [7, 11) is 4.20. The van der Waals surface area contributed by atoms with Gasteiger partial charge in [0.15, 0.2) is 0 Å². The van der Waals surface area contributed by atoms with Crippen molar-refractivity contribution in [3.05, 3.63) is 22.8 Å². The van der Waals surface area contributed by atoms with Crippen LogP contribution in [0.5, 0.6) is 0 Å². The molecule has 0 aromatic carbocycles. The fourth-order valence-corrected chi connectivity index (χ4v) is 2.59. The van der Waals surface area contributed by atoms with Crippen LogP contribution in [0.15, 0.2) is 12.1 Å². The van der Waals surface area contributed by atoms with Gasteiger partial charge >= 0.3 is 0 Å². The molecule has 1 unspecified atom stereocenters. The third-order valence-corrected chi connectivity index (χ3v) is 3.91. The summed E-state index contributed by atoms with van der Waals surface area (Å²) in [5.74, 6) is 0.878. The van der Waals surface area contributed by atoms with Gasteiger partial charge in [-0.05, 0) is 38.6 Å². The fourth-order valence-electron chi connectivity index (χ4n) is 2.42. The number of rotatable bonds is 3. The second-order valence-electron chi connectivity index (χ2n) is 4.93. The number of anilines is 1. The van der Waals surface area contributed by atoms with E-state index < -0.39 is 0 Å². The molecule has 1 aromatic rings. The van der Waals surface area contributed by atoms with E-state index in [2.05, 4.69) is 28.9 Å². The molecule has 1 N–H and O–H groups in total. The minimum absolute atomic E-state index is 0.120. The summed E-state index contributed by atoms with van der Waals surface area (Å²) in [5, 5.41) is 9.73. The van der Waals surface area contributed by atoms with Crippen molar-refractivity contribution in [1.82, 2.24) is 9.88 Å². The number of aliphatic hydroxyl groups excluding tert-OH is 1. The quantitative estimate of drug-likeness (QED) is 0.908. The molecule has 0 radical (unpaired) electrons. The smallest absolute Gasteiger partial charge is 0.129 e. The first-order chi connectivity index (χ1) is 8.61. The van der Waals surface area contributed by atoms with E-state index in [1.807, 2.05) is 6.07 Å². The van der Waals surface area contributed by atoms with Gasteiger partial charge in [-0.2, -0.15) is 0 Å². The van der Waals surface area contributed by atoms with Gasteiger partial charge in [0.1, 0.15) is 5.82 Å². The zero-order valence-electron chi connectivity index (χ0n) is 10.9. The molecule has 2 rings (SSSR count). The highest BCUT2D eigenvalue weighted by Crippen LogP contribution is 2.22. The van der Waals surface area contributed by atoms with Crippen molar-refractivity contribution in [3.63, 3.8) is 0 Å². The second-order valence-corrected chi connectivity index (χ2v) is 5.33. The van der Waals surface area contributed by atoms with Gasteiger partial charge in [0.2, 0.25) is 0 Å². The second kappa shape index (κ2) is 5.87. The summed E-state index contributed by atoms with van der Waals surface area (Å²) in [5.41, 5.74) is 0.546. The average Bonchev–Trinajstić information content (AvgIpc) is 2.38. The summed E-state index contributed by atoms with van der Waals surface area (Å²) in [6, 6.07) is 4.19. The number of halogens is 1. The molecule has 1 atom stereocenters. The molecule has 1 aliphatic rings. The molecule has 1 aromatic heterocycles. The molecule has 0 amide bonds. The number of piperidine rings is 1. The van der Waals surface area contributed by atoms with Crippen molar-refractivity contribution >= 4 is 17.4 Å². The van der Waals surface area contributed by atoms with E-state index in [9.17, 15) is 5.11 Å². The van der Waals surface area contributed by atoms with Crippen molar-refractivity contribution in [2.45, 2.75) is 25.5 Å². The Kier molecular flexibility index (Phi) is 4.43. The van der Waals surface area contributed by atoms with Gasteiger partial charge in [0.25, 0.3) is 0 Å². The minimum Gasteiger partial charge on any atom is -0.390 e. The van der Waals surface area contributed by atoms with Gasteiger partial charge < -0.3 is 14.9 Å². The number of hydrogen-bond donors (Lipinski definition) is 1. The molecule has 100 valence electrons. The summed E-state index contributed by atoms with van der Waals surface area (Å²) < 4.78 is 0. The van der Waals surface area contributed by atoms with E-state index in [0.717, 1.165) is 12.4 Å². The van der Waals surface area contributed by atoms with Gasteiger partial charge in [-0.3, -0.25) is 0 Å². The maximum atomic E-state index is 9.20. The first-order valence-corrected chi connectivity index (χ1v) is 6.67. The first kappa shape index (κ1) is 13.6. The Balaban J connectivity index is 2.14. The highest BCUT2D eigenvalue weighted by atomic mass is 35.5. The zero-order chi connectivity index (χ0) is 13.1. The van der Waals surface area contributed by atoms with Gasteiger partial charge in [-0.1, -0.05) is 11.6 Å². The number of likely N-dealkylation sites (tertiary alicyclic amines) is 1. The Hall–Kier alpha value is -0.840. The SMILES string of the molecule is CN1CCCC(N(C)c2ccc(Cl)c(CO)n2)C1. The third kappa shape index (κ3) is 2.94. The van der Waals surface area contributed by atoms with Gasteiger partial charge in [0.05, 0.1) is 17.3 Å². The molecule has 1 saturated heterocycles. The van der Waals surface area contributed by atoms with E-state index in [4.69, 9.17) is 11.6 Å². The predicted octanol–water partition coefficient (Wildman–Crippen LogP) is 1.76. The van der Waals surface area contributed by atoms with Crippen LogP contribution < -0.4 is 4.90 Å². The molecule has 0 spiro atoms. The number of nitrogens with zero attached hydrogens (tertiary/aromatic N) is 3. The molecule has 5 heteroatoms. The van der Waals surface area contributed by atoms with Crippen molar-refractivity contribution in [2.75, 3.05) is 32.1 Å². The lowest BCUT2D eigenvalue weighted by atomic mass is 10.1. The lowest BCUT2D eigenvalue weighted by Gasteiger charge is -2.36. The topological polar surface area (TPSA) is 39.6 Å². The van der Waals surface area contributed by atoms with Crippen LogP contribution in [0.2, 0.25) is 5.02 Å². The fraction of sp³-hybridized carbons (Fsp3) is 0.615. The zero-order valence-corrected chi connectivity index (χ0v) is 11.7. The number of aliphatic hydroxyl groups is 1. The van der Waals surface area contributed by atoms with E-state index in [-0.39, 0.29) is 6.61 Å². The predicted molar refractivity (Wildman–Crippen MR) is 74.1 cm³/mol. The van der Waals surface area contributed by atoms with E-state index in [0.29, 0.717) is 16.8 Å². The minimum atomic E-state index is -0.120. The molecule has 4 nitrogen and oxygen atoms in total. The molecule has 2 heterocycles. The Bertz CT molecular complexity index is 413. The number of aromatic nitrogens is 1. The highest BCUT2D eigenvalue weighted by molar-refractivity contribution is 6.31. The molecular weight excluding hydrogens is 250 g/mol. The van der Waals surface area contributed by atoms with Gasteiger partial charge in [-0.15, -0.1) is 0 Å². The van der Waals surface area contributed by atoms with Crippen LogP contribution in [-0.4, -0.2) is 48.2 Å². The Labute approximate surface area is 113 Å². The van der Waals surface area contributed by atoms with Crippen molar-refractivity contribution in [2.24, 2.45) is 0 Å². The van der Waals surface area contributed by atoms with Crippen LogP contribution in [0, 0.1) is 0 Å². The van der Waals surface area contributed by atoms with Gasteiger partial charge in [0, 0.05) is 19.6 Å². The summed E-state index contributed by atoms with van der Waals surface area (Å²) in [6.45, 7) is 2.10. The number of pyridine rings is 1. The van der Waals surface area contributed by atoms with Gasteiger partial charge in [-0.25, -0.2) is 4.98 Å². The standard InChI is InChI=1S/C13H20ClN3O/c1-16-7-3-4-10(8-16)17(2)13-6-5-11(14)12(9-18)15-13/h5-6,10,18H,3-4,7-9H2,1-2H3. The molecule has 1 aliphatic heterocycles. The summed E-state index contributed by atoms with van der Waals surface area (Å²) in [6.07, 6.45) is 2.39. The number of likely N-dealkylation sites (N-methyl/N-ethyl adjacent to an activating group) is 2. The van der Waals surface area contributed by atoms with Crippen LogP contribution in [0.4, 0.5) is 5.82 Å². The molecular formula is C13H20ClN3O. The number of hydrogen-bond acceptors (Lipinski definition) is 4. The van der Waals surface area contributed by atoms with Crippen LogP contribution in [0.3, 0.4) is 0 Å². The average molecular weight is 270 g/mol. The largest absolute Gasteiger partial charge is 0.390 e. The first-order valence-electron chi connectivity index (χ1n) is 6.29. The lowest BCUT2D eigenvalue weighted by molar-refractivity contribution is 0.247. The van der Waals surface area contributed by atoms with Crippen molar-refractivity contribution in [1.29, 1.82) is 0 Å². The maximum absolute atomic E-state index is 9.20. The third-order valence-electron chi connectivity index (χ3n) is 3.56. The summed E-state index contributed by atoms with van der Waals surface area (Å²) in [4.78, 5) is 8.94. The Morgan fingerprint density at radius 3 is 3.00 bits per heavy atom. The van der Waals surface area contributed by atoms with Crippen molar-refractivity contribution in [3.8, 4) is 0 Å². The normalized spacial score (nSPS) is 21.0. The van der Waals surface area contributed by atoms with Crippen LogP contribution in [0.25, 0.3) is 0 Å². The van der Waals surface area contributed by atoms with Crippen molar-refractivity contribution < 1.29 is 5.11 Å². The highest BCUT2D eigenvalue weighted by Gasteiger charge is 2.22. The van der Waals surface area contributed by atoms with E-state index >= 15 is 0 Å². The van der Waals surface area contributed by atoms with Crippen LogP contribution in [-0.2, 0) is 6.61 Å². The van der Waals surface area contributed by atoms with Crippen LogP contribution in [0.1, 0.15) is 18.5 Å². The molecule has 18 heavy (non-hydrogen) atoms. The van der Waals surface area contributed by atoms with E-state index in [1.54, 1.807) is 6.07 Å². The molecule has 1 fully saturated rings. The molecule has 0 aliphatic carbocycles. The summed E-state index contributed by atoms with van der Waals surface area (Å²) >= 11 is 5.96. The van der Waals surface area contributed by atoms with Crippen LogP contribution >= 0.6 is 11.6 Å². The Morgan fingerprint density at radius 2 is 2.33 bits per heavy atom. The monoisotopic (exact) mass is 269 g/mol. The molecule has 0 bridgehead atoms. The van der Waals surface area contributed by atoms with E-state index in [1.165, 1.54) is 19.4 Å². The Morgan fingerprint density at radius 1 is 1.56 bits per heavy atom. The lowest BCUT2D eigenvalue weighted by Crippen LogP contribution is -2.45. The maximum Gasteiger partial charge on any atom is 0.129 e. The molecule has 0 saturated carbocycles.